The van der Waals surface area contributed by atoms with Crippen molar-refractivity contribution in [3.05, 3.63) is 55.1 Å². The highest BCUT2D eigenvalue weighted by Crippen LogP contribution is 2.22. The largest absolute Gasteiger partial charge is 0.284 e. The molecule has 0 amide bonds. The number of sulfonamides is 1. The van der Waals surface area contributed by atoms with Gasteiger partial charge in [-0.1, -0.05) is 12.1 Å². The summed E-state index contributed by atoms with van der Waals surface area (Å²) >= 11 is 0. The molecule has 0 aliphatic carbocycles. The molecule has 0 saturated carbocycles. The molecule has 2 heterocycles. The Labute approximate surface area is 115 Å². The number of aromatic nitrogens is 4. The maximum atomic E-state index is 12.2. The third-order valence-electron chi connectivity index (χ3n) is 2.68. The van der Waals surface area contributed by atoms with Crippen molar-refractivity contribution >= 4 is 15.7 Å². The van der Waals surface area contributed by atoms with E-state index in [1.54, 1.807) is 41.3 Å². The molecule has 0 aliphatic heterocycles. The van der Waals surface area contributed by atoms with Gasteiger partial charge in [-0.15, -0.1) is 0 Å². The first kappa shape index (κ1) is 12.4. The zero-order chi connectivity index (χ0) is 14.0. The first-order valence-electron chi connectivity index (χ1n) is 5.77. The molecule has 0 bridgehead atoms. The Morgan fingerprint density at radius 2 is 2.05 bits per heavy atom. The van der Waals surface area contributed by atoms with Gasteiger partial charge in [-0.25, -0.2) is 13.1 Å². The molecule has 8 heteroatoms. The second kappa shape index (κ2) is 4.82. The molecule has 0 radical (unpaired) electrons. The Kier molecular flexibility index (Phi) is 2.99. The summed E-state index contributed by atoms with van der Waals surface area (Å²) in [7, 11) is -3.67. The zero-order valence-electron chi connectivity index (χ0n) is 10.3. The number of anilines is 1. The van der Waals surface area contributed by atoms with E-state index in [1.165, 1.54) is 12.4 Å². The van der Waals surface area contributed by atoms with Crippen LogP contribution in [-0.2, 0) is 10.0 Å². The lowest BCUT2D eigenvalue weighted by molar-refractivity contribution is 0.601. The molecule has 7 nitrogen and oxygen atoms in total. The number of para-hydroxylation sites is 2. The summed E-state index contributed by atoms with van der Waals surface area (Å²) in [4.78, 5) is 0.0766. The van der Waals surface area contributed by atoms with Crippen molar-refractivity contribution in [3.8, 4) is 5.69 Å². The van der Waals surface area contributed by atoms with Gasteiger partial charge in [-0.2, -0.15) is 10.2 Å². The van der Waals surface area contributed by atoms with E-state index in [0.29, 0.717) is 11.4 Å². The van der Waals surface area contributed by atoms with Gasteiger partial charge in [0.15, 0.2) is 0 Å². The van der Waals surface area contributed by atoms with Gasteiger partial charge in [0.2, 0.25) is 0 Å². The van der Waals surface area contributed by atoms with Crippen LogP contribution < -0.4 is 4.72 Å². The smallest absolute Gasteiger partial charge is 0.265 e. The molecule has 2 N–H and O–H groups in total. The first-order chi connectivity index (χ1) is 9.67. The van der Waals surface area contributed by atoms with E-state index >= 15 is 0 Å². The minimum atomic E-state index is -3.67. The van der Waals surface area contributed by atoms with Crippen LogP contribution in [0.5, 0.6) is 0 Å². The Balaban J connectivity index is 2.00. The number of hydrogen-bond donors (Lipinski definition) is 2. The van der Waals surface area contributed by atoms with Gasteiger partial charge in [0, 0.05) is 18.6 Å². The third-order valence-corrected chi connectivity index (χ3v) is 4.02. The van der Waals surface area contributed by atoms with Crippen LogP contribution in [0.3, 0.4) is 0 Å². The van der Waals surface area contributed by atoms with E-state index in [4.69, 9.17) is 0 Å². The van der Waals surface area contributed by atoms with E-state index in [9.17, 15) is 8.42 Å². The van der Waals surface area contributed by atoms with E-state index in [-0.39, 0.29) is 4.90 Å². The molecule has 1 aromatic carbocycles. The highest BCUT2D eigenvalue weighted by atomic mass is 32.2. The summed E-state index contributed by atoms with van der Waals surface area (Å²) in [6.07, 6.45) is 5.93. The van der Waals surface area contributed by atoms with Gasteiger partial charge < -0.3 is 0 Å². The van der Waals surface area contributed by atoms with Gasteiger partial charge >= 0.3 is 0 Å². The molecule has 0 aliphatic rings. The molecule has 0 saturated heterocycles. The Morgan fingerprint density at radius 3 is 2.75 bits per heavy atom. The van der Waals surface area contributed by atoms with Crippen LogP contribution in [-0.4, -0.2) is 28.4 Å². The summed E-state index contributed by atoms with van der Waals surface area (Å²) in [6.45, 7) is 0. The van der Waals surface area contributed by atoms with Crippen LogP contribution in [0, 0.1) is 0 Å². The maximum absolute atomic E-state index is 12.2. The zero-order valence-corrected chi connectivity index (χ0v) is 11.1. The van der Waals surface area contributed by atoms with Crippen LogP contribution in [0.2, 0.25) is 0 Å². The molecular weight excluding hydrogens is 278 g/mol. The molecule has 20 heavy (non-hydrogen) atoms. The quantitative estimate of drug-likeness (QED) is 0.759. The van der Waals surface area contributed by atoms with Crippen molar-refractivity contribution in [1.82, 2.24) is 20.0 Å². The summed E-state index contributed by atoms with van der Waals surface area (Å²) < 4.78 is 28.5. The number of nitrogens with one attached hydrogen (secondary N) is 2. The molecule has 3 aromatic rings. The average molecular weight is 289 g/mol. The van der Waals surface area contributed by atoms with E-state index < -0.39 is 10.0 Å². The van der Waals surface area contributed by atoms with Crippen LogP contribution in [0.4, 0.5) is 5.69 Å². The van der Waals surface area contributed by atoms with Crippen molar-refractivity contribution in [1.29, 1.82) is 0 Å². The van der Waals surface area contributed by atoms with Crippen LogP contribution in [0.1, 0.15) is 0 Å². The number of rotatable bonds is 4. The van der Waals surface area contributed by atoms with Gasteiger partial charge in [-0.3, -0.25) is 9.82 Å². The van der Waals surface area contributed by atoms with Crippen molar-refractivity contribution in [2.24, 2.45) is 0 Å². The molecule has 0 atom stereocenters. The minimum absolute atomic E-state index is 0.0766. The molecule has 102 valence electrons. The number of aromatic amines is 1. The summed E-state index contributed by atoms with van der Waals surface area (Å²) in [5.74, 6) is 0. The minimum Gasteiger partial charge on any atom is -0.284 e. The van der Waals surface area contributed by atoms with Gasteiger partial charge in [0.25, 0.3) is 10.0 Å². The van der Waals surface area contributed by atoms with E-state index in [1.807, 2.05) is 6.07 Å². The molecule has 3 rings (SSSR count). The fourth-order valence-electron chi connectivity index (χ4n) is 1.76. The standard InChI is InChI=1S/C12H11N5O2S/c18-20(19,10-8-13-14-9-10)16-11-4-1-2-5-12(11)17-7-3-6-15-17/h1-9,16H,(H,13,14). The Hall–Kier alpha value is -2.61. The third kappa shape index (κ3) is 2.28. The molecule has 0 fully saturated rings. The topological polar surface area (TPSA) is 92.7 Å². The SMILES string of the molecule is O=S(=O)(Nc1ccccc1-n1cccn1)c1cn[nH]c1. The highest BCUT2D eigenvalue weighted by Gasteiger charge is 2.17. The number of nitrogens with zero attached hydrogens (tertiary/aromatic N) is 3. The monoisotopic (exact) mass is 289 g/mol. The van der Waals surface area contributed by atoms with E-state index in [0.717, 1.165) is 0 Å². The van der Waals surface area contributed by atoms with Gasteiger partial charge in [-0.05, 0) is 18.2 Å². The molecule has 2 aromatic heterocycles. The number of hydrogen-bond acceptors (Lipinski definition) is 4. The lowest BCUT2D eigenvalue weighted by Crippen LogP contribution is -2.14. The Bertz CT molecular complexity index is 794. The highest BCUT2D eigenvalue weighted by molar-refractivity contribution is 7.92. The number of H-pyrrole nitrogens is 1. The second-order valence-corrected chi connectivity index (χ2v) is 5.69. The molecule has 0 unspecified atom stereocenters. The van der Waals surface area contributed by atoms with Crippen LogP contribution in [0.25, 0.3) is 5.69 Å². The van der Waals surface area contributed by atoms with Crippen molar-refractivity contribution in [2.75, 3.05) is 4.72 Å². The van der Waals surface area contributed by atoms with Gasteiger partial charge in [0.1, 0.15) is 4.90 Å². The van der Waals surface area contributed by atoms with Crippen molar-refractivity contribution in [2.45, 2.75) is 4.90 Å². The first-order valence-corrected chi connectivity index (χ1v) is 7.26. The molecule has 0 spiro atoms. The van der Waals surface area contributed by atoms with E-state index in [2.05, 4.69) is 20.0 Å². The normalized spacial score (nSPS) is 11.4. The lowest BCUT2D eigenvalue weighted by Gasteiger charge is -2.11. The molecular formula is C12H11N5O2S. The Morgan fingerprint density at radius 1 is 1.20 bits per heavy atom. The van der Waals surface area contributed by atoms with Crippen molar-refractivity contribution < 1.29 is 8.42 Å². The summed E-state index contributed by atoms with van der Waals surface area (Å²) in [5, 5.41) is 10.2. The van der Waals surface area contributed by atoms with Crippen LogP contribution >= 0.6 is 0 Å². The predicted octanol–water partition coefficient (Wildman–Crippen LogP) is 1.40. The number of benzene rings is 1. The summed E-state index contributed by atoms with van der Waals surface area (Å²) in [5.41, 5.74) is 1.09. The average Bonchev–Trinajstić information content (AvgIpc) is 3.13. The lowest BCUT2D eigenvalue weighted by atomic mass is 10.3. The second-order valence-electron chi connectivity index (χ2n) is 4.01. The summed E-state index contributed by atoms with van der Waals surface area (Å²) in [6, 6.07) is 8.78. The van der Waals surface area contributed by atoms with Gasteiger partial charge in [0.05, 0.1) is 17.6 Å². The fraction of sp³-hybridized carbons (Fsp3) is 0. The van der Waals surface area contributed by atoms with Crippen molar-refractivity contribution in [3.63, 3.8) is 0 Å². The predicted molar refractivity (Wildman–Crippen MR) is 73.0 cm³/mol. The van der Waals surface area contributed by atoms with Crippen LogP contribution in [0.15, 0.2) is 60.0 Å². The maximum Gasteiger partial charge on any atom is 0.265 e. The fourth-order valence-corrected chi connectivity index (χ4v) is 2.74.